The van der Waals surface area contributed by atoms with Crippen LogP contribution < -0.4 is 5.32 Å². The van der Waals surface area contributed by atoms with E-state index in [1.54, 1.807) is 0 Å². The van der Waals surface area contributed by atoms with Crippen LogP contribution in [-0.4, -0.2) is 36.0 Å². The van der Waals surface area contributed by atoms with Gasteiger partial charge >= 0.3 is 6.03 Å². The molecule has 5 heteroatoms. The van der Waals surface area contributed by atoms with E-state index in [1.165, 1.54) is 5.56 Å². The normalized spacial score (nSPS) is 25.1. The third-order valence-electron chi connectivity index (χ3n) is 5.02. The molecule has 2 fully saturated rings. The summed E-state index contributed by atoms with van der Waals surface area (Å²) in [5.41, 5.74) is 1.27. The first-order valence-electron chi connectivity index (χ1n) is 8.52. The Morgan fingerprint density at radius 1 is 1.13 bits per heavy atom. The number of halogens is 2. The van der Waals surface area contributed by atoms with Crippen molar-refractivity contribution in [2.24, 2.45) is 0 Å². The molecule has 1 saturated carbocycles. The van der Waals surface area contributed by atoms with E-state index < -0.39 is 5.92 Å². The number of carbonyl (C=O) groups is 1. The molecule has 1 N–H and O–H groups in total. The average Bonchev–Trinajstić information content (AvgIpc) is 2.58. The van der Waals surface area contributed by atoms with Crippen molar-refractivity contribution in [2.45, 2.75) is 56.4 Å². The maximum absolute atomic E-state index is 13.2. The maximum atomic E-state index is 13.2. The van der Waals surface area contributed by atoms with Crippen LogP contribution in [0.5, 0.6) is 0 Å². The lowest BCUT2D eigenvalue weighted by Gasteiger charge is -2.35. The summed E-state index contributed by atoms with van der Waals surface area (Å²) in [4.78, 5) is 14.3. The van der Waals surface area contributed by atoms with Gasteiger partial charge in [0, 0.05) is 37.9 Å². The number of urea groups is 1. The summed E-state index contributed by atoms with van der Waals surface area (Å²) in [6.07, 6.45) is 2.57. The lowest BCUT2D eigenvalue weighted by molar-refractivity contribution is -0.0398. The molecule has 1 saturated heterocycles. The molecule has 1 heterocycles. The zero-order valence-electron chi connectivity index (χ0n) is 13.3. The number of piperidine rings is 1. The summed E-state index contributed by atoms with van der Waals surface area (Å²) in [7, 11) is 0. The molecule has 1 atom stereocenters. The third kappa shape index (κ3) is 4.21. The lowest BCUT2D eigenvalue weighted by Crippen LogP contribution is -2.49. The number of amides is 2. The van der Waals surface area contributed by atoms with Gasteiger partial charge in [-0.05, 0) is 31.2 Å². The zero-order valence-corrected chi connectivity index (χ0v) is 13.3. The van der Waals surface area contributed by atoms with E-state index in [0.29, 0.717) is 25.3 Å². The number of rotatable bonds is 2. The van der Waals surface area contributed by atoms with Crippen LogP contribution in [0, 0.1) is 0 Å². The fourth-order valence-electron chi connectivity index (χ4n) is 3.61. The number of alkyl halides is 2. The number of hydrogen-bond donors (Lipinski definition) is 1. The molecular weight excluding hydrogens is 298 g/mol. The van der Waals surface area contributed by atoms with Crippen LogP contribution >= 0.6 is 0 Å². The van der Waals surface area contributed by atoms with Crippen molar-refractivity contribution in [1.82, 2.24) is 10.2 Å². The monoisotopic (exact) mass is 322 g/mol. The molecule has 2 aliphatic rings. The summed E-state index contributed by atoms with van der Waals surface area (Å²) in [5.74, 6) is -2.18. The second-order valence-corrected chi connectivity index (χ2v) is 6.78. The van der Waals surface area contributed by atoms with E-state index in [2.05, 4.69) is 17.4 Å². The Morgan fingerprint density at radius 3 is 2.52 bits per heavy atom. The Kier molecular flexibility index (Phi) is 4.83. The van der Waals surface area contributed by atoms with Crippen molar-refractivity contribution in [1.29, 1.82) is 0 Å². The minimum absolute atomic E-state index is 0.0964. The third-order valence-corrected chi connectivity index (χ3v) is 5.02. The molecule has 3 nitrogen and oxygen atoms in total. The highest BCUT2D eigenvalue weighted by molar-refractivity contribution is 5.74. The molecule has 23 heavy (non-hydrogen) atoms. The Hall–Kier alpha value is -1.65. The van der Waals surface area contributed by atoms with E-state index in [1.807, 2.05) is 23.1 Å². The maximum Gasteiger partial charge on any atom is 0.317 e. The first kappa shape index (κ1) is 16.2. The Bertz CT molecular complexity index is 525. The van der Waals surface area contributed by atoms with E-state index in [0.717, 1.165) is 19.4 Å². The summed E-state index contributed by atoms with van der Waals surface area (Å²) < 4.78 is 26.4. The highest BCUT2D eigenvalue weighted by atomic mass is 19.3. The molecule has 0 aromatic heterocycles. The van der Waals surface area contributed by atoms with Gasteiger partial charge in [0.05, 0.1) is 0 Å². The quantitative estimate of drug-likeness (QED) is 0.871. The standard InChI is InChI=1S/C18H24F2N2O/c19-18(20)10-8-16(9-11-18)21-17(23)22-12-4-7-15(13-22)14-5-2-1-3-6-14/h1-3,5-6,15-16H,4,7-13H2,(H,21,23). The topological polar surface area (TPSA) is 32.3 Å². The first-order valence-corrected chi connectivity index (χ1v) is 8.52. The van der Waals surface area contributed by atoms with Gasteiger partial charge in [-0.25, -0.2) is 13.6 Å². The van der Waals surface area contributed by atoms with Gasteiger partial charge in [0.2, 0.25) is 5.92 Å². The van der Waals surface area contributed by atoms with Crippen LogP contribution in [0.4, 0.5) is 13.6 Å². The number of carbonyl (C=O) groups excluding carboxylic acids is 1. The van der Waals surface area contributed by atoms with Crippen molar-refractivity contribution < 1.29 is 13.6 Å². The van der Waals surface area contributed by atoms with Crippen molar-refractivity contribution in [3.63, 3.8) is 0 Å². The van der Waals surface area contributed by atoms with Crippen LogP contribution in [0.25, 0.3) is 0 Å². The number of hydrogen-bond acceptors (Lipinski definition) is 1. The average molecular weight is 322 g/mol. The van der Waals surface area contributed by atoms with Crippen molar-refractivity contribution >= 4 is 6.03 Å². The Balaban J connectivity index is 1.53. The molecule has 2 amide bonds. The van der Waals surface area contributed by atoms with Crippen molar-refractivity contribution in [3.8, 4) is 0 Å². The summed E-state index contributed by atoms with van der Waals surface area (Å²) in [6.45, 7) is 1.46. The van der Waals surface area contributed by atoms with Gasteiger partial charge in [0.25, 0.3) is 0 Å². The molecule has 1 unspecified atom stereocenters. The predicted octanol–water partition coefficient (Wildman–Crippen LogP) is 4.15. The highest BCUT2D eigenvalue weighted by Gasteiger charge is 2.36. The number of benzene rings is 1. The van der Waals surface area contributed by atoms with E-state index >= 15 is 0 Å². The van der Waals surface area contributed by atoms with Crippen LogP contribution in [0.3, 0.4) is 0 Å². The molecule has 0 bridgehead atoms. The highest BCUT2D eigenvalue weighted by Crippen LogP contribution is 2.33. The Labute approximate surface area is 136 Å². The Morgan fingerprint density at radius 2 is 1.83 bits per heavy atom. The van der Waals surface area contributed by atoms with Gasteiger partial charge in [-0.2, -0.15) is 0 Å². The molecule has 0 spiro atoms. The number of likely N-dealkylation sites (tertiary alicyclic amines) is 1. The number of nitrogens with one attached hydrogen (secondary N) is 1. The molecule has 1 aliphatic carbocycles. The van der Waals surface area contributed by atoms with Crippen molar-refractivity contribution in [2.75, 3.05) is 13.1 Å². The number of nitrogens with zero attached hydrogens (tertiary/aromatic N) is 1. The van der Waals surface area contributed by atoms with Crippen LogP contribution in [-0.2, 0) is 0 Å². The predicted molar refractivity (Wildman–Crippen MR) is 85.7 cm³/mol. The summed E-state index contributed by atoms with van der Waals surface area (Å²) in [5, 5.41) is 2.95. The molecule has 1 aliphatic heterocycles. The van der Waals surface area contributed by atoms with E-state index in [4.69, 9.17) is 0 Å². The smallest absolute Gasteiger partial charge is 0.317 e. The second-order valence-electron chi connectivity index (χ2n) is 6.78. The lowest BCUT2D eigenvalue weighted by atomic mass is 9.90. The molecular formula is C18H24F2N2O. The fraction of sp³-hybridized carbons (Fsp3) is 0.611. The van der Waals surface area contributed by atoms with E-state index in [-0.39, 0.29) is 24.9 Å². The van der Waals surface area contributed by atoms with Gasteiger partial charge in [0.1, 0.15) is 0 Å². The summed E-state index contributed by atoms with van der Waals surface area (Å²) in [6, 6.07) is 10.0. The molecule has 1 aromatic carbocycles. The van der Waals surface area contributed by atoms with Gasteiger partial charge in [-0.1, -0.05) is 30.3 Å². The molecule has 126 valence electrons. The fourth-order valence-corrected chi connectivity index (χ4v) is 3.61. The summed E-state index contributed by atoms with van der Waals surface area (Å²) >= 11 is 0. The molecule has 3 rings (SSSR count). The molecule has 0 radical (unpaired) electrons. The minimum Gasteiger partial charge on any atom is -0.335 e. The SMILES string of the molecule is O=C(NC1CCC(F)(F)CC1)N1CCCC(c2ccccc2)C1. The zero-order chi connectivity index (χ0) is 16.3. The van der Waals surface area contributed by atoms with Crippen LogP contribution in [0.15, 0.2) is 30.3 Å². The molecule has 1 aromatic rings. The van der Waals surface area contributed by atoms with Gasteiger partial charge in [-0.3, -0.25) is 0 Å². The minimum atomic E-state index is -2.55. The van der Waals surface area contributed by atoms with Gasteiger partial charge in [-0.15, -0.1) is 0 Å². The second kappa shape index (κ2) is 6.85. The van der Waals surface area contributed by atoms with E-state index in [9.17, 15) is 13.6 Å². The van der Waals surface area contributed by atoms with Gasteiger partial charge in [0.15, 0.2) is 0 Å². The first-order chi connectivity index (χ1) is 11.0. The van der Waals surface area contributed by atoms with Crippen LogP contribution in [0.2, 0.25) is 0 Å². The van der Waals surface area contributed by atoms with Gasteiger partial charge < -0.3 is 10.2 Å². The van der Waals surface area contributed by atoms with Crippen LogP contribution in [0.1, 0.15) is 50.0 Å². The van der Waals surface area contributed by atoms with Crippen molar-refractivity contribution in [3.05, 3.63) is 35.9 Å². The largest absolute Gasteiger partial charge is 0.335 e.